The summed E-state index contributed by atoms with van der Waals surface area (Å²) in [7, 11) is -3.06. The predicted molar refractivity (Wildman–Crippen MR) is 84.1 cm³/mol. The van der Waals surface area contributed by atoms with Crippen molar-refractivity contribution in [3.8, 4) is 12.0 Å². The number of hydrogen-bond donors (Lipinski definition) is 1. The molecule has 8 heteroatoms. The Morgan fingerprint density at radius 1 is 1.39 bits per heavy atom. The molecule has 2 heterocycles. The Balaban J connectivity index is 2.16. The normalized spacial score (nSPS) is 11.2. The van der Waals surface area contributed by atoms with Gasteiger partial charge in [-0.3, -0.25) is 9.36 Å². The lowest BCUT2D eigenvalue weighted by Gasteiger charge is -2.04. The average molecular weight is 335 g/mol. The fourth-order valence-electron chi connectivity index (χ4n) is 2.18. The summed E-state index contributed by atoms with van der Waals surface area (Å²) in [4.78, 5) is 12.3. The van der Waals surface area contributed by atoms with E-state index in [1.807, 2.05) is 6.07 Å². The largest absolute Gasteiger partial charge is 0.443 e. The molecule has 0 spiro atoms. The first-order chi connectivity index (χ1) is 10.8. The van der Waals surface area contributed by atoms with E-state index >= 15 is 0 Å². The topological polar surface area (TPSA) is 105 Å². The van der Waals surface area contributed by atoms with Crippen LogP contribution in [0.1, 0.15) is 28.1 Å². The van der Waals surface area contributed by atoms with Gasteiger partial charge in [-0.2, -0.15) is 5.26 Å². The molecule has 0 bridgehead atoms. The maximum atomic E-state index is 12.3. The molecule has 0 atom stereocenters. The third kappa shape index (κ3) is 4.02. The number of carbonyl (C=O) groups excluding carboxylic acids is 1. The molecule has 0 aliphatic rings. The zero-order valence-corrected chi connectivity index (χ0v) is 13.7. The lowest BCUT2D eigenvalue weighted by atomic mass is 10.1. The van der Waals surface area contributed by atoms with Gasteiger partial charge in [-0.15, -0.1) is 0 Å². The van der Waals surface area contributed by atoms with E-state index in [-0.39, 0.29) is 29.3 Å². The van der Waals surface area contributed by atoms with Crippen molar-refractivity contribution in [2.45, 2.75) is 13.3 Å². The van der Waals surface area contributed by atoms with E-state index in [9.17, 15) is 18.5 Å². The van der Waals surface area contributed by atoms with Crippen LogP contribution in [-0.2, 0) is 9.84 Å². The molecule has 1 amide bonds. The summed E-state index contributed by atoms with van der Waals surface area (Å²) in [6.45, 7) is 1.82. The summed E-state index contributed by atoms with van der Waals surface area (Å²) in [5.41, 5.74) is 0.329. The highest BCUT2D eigenvalue weighted by Crippen LogP contribution is 2.25. The predicted octanol–water partition coefficient (Wildman–Crippen LogP) is 1.41. The summed E-state index contributed by atoms with van der Waals surface area (Å²) in [6.07, 6.45) is 4.89. The second-order valence-corrected chi connectivity index (χ2v) is 7.41. The van der Waals surface area contributed by atoms with E-state index in [1.165, 1.54) is 0 Å². The summed E-state index contributed by atoms with van der Waals surface area (Å²) in [6, 6.07) is 5.56. The number of sulfone groups is 1. The smallest absolute Gasteiger partial charge is 0.256 e. The van der Waals surface area contributed by atoms with Gasteiger partial charge in [-0.1, -0.05) is 0 Å². The van der Waals surface area contributed by atoms with Gasteiger partial charge in [0.05, 0.1) is 5.75 Å². The van der Waals surface area contributed by atoms with E-state index in [4.69, 9.17) is 4.42 Å². The highest BCUT2D eigenvalue weighted by molar-refractivity contribution is 7.90. The Labute approximate surface area is 134 Å². The van der Waals surface area contributed by atoms with E-state index < -0.39 is 15.7 Å². The number of furan rings is 1. The van der Waals surface area contributed by atoms with Gasteiger partial charge in [0, 0.05) is 25.2 Å². The summed E-state index contributed by atoms with van der Waals surface area (Å²) < 4.78 is 29.3. The minimum atomic E-state index is -3.06. The lowest BCUT2D eigenvalue weighted by molar-refractivity contribution is 0.0952. The van der Waals surface area contributed by atoms with Crippen LogP contribution >= 0.6 is 0 Å². The first kappa shape index (κ1) is 16.8. The first-order valence-electron chi connectivity index (χ1n) is 6.96. The van der Waals surface area contributed by atoms with E-state index in [0.717, 1.165) is 6.26 Å². The van der Waals surface area contributed by atoms with E-state index in [0.29, 0.717) is 12.2 Å². The van der Waals surface area contributed by atoms with Gasteiger partial charge in [0.1, 0.15) is 32.8 Å². The lowest BCUT2D eigenvalue weighted by Crippen LogP contribution is -2.26. The molecule has 0 aromatic carbocycles. The van der Waals surface area contributed by atoms with Gasteiger partial charge >= 0.3 is 0 Å². The third-order valence-corrected chi connectivity index (χ3v) is 4.25. The van der Waals surface area contributed by atoms with Gasteiger partial charge in [-0.05, 0) is 25.5 Å². The Kier molecular flexibility index (Phi) is 4.91. The quantitative estimate of drug-likeness (QED) is 0.804. The Bertz CT molecular complexity index is 842. The summed E-state index contributed by atoms with van der Waals surface area (Å²) >= 11 is 0. The van der Waals surface area contributed by atoms with Crippen molar-refractivity contribution in [3.63, 3.8) is 0 Å². The number of hydrogen-bond acceptors (Lipinski definition) is 5. The molecule has 0 unspecified atom stereocenters. The summed E-state index contributed by atoms with van der Waals surface area (Å²) in [5, 5.41) is 12.0. The molecular formula is C15H17N3O4S. The number of nitrogens with one attached hydrogen (secondary N) is 1. The Morgan fingerprint density at radius 3 is 2.61 bits per heavy atom. The van der Waals surface area contributed by atoms with Crippen LogP contribution < -0.4 is 5.32 Å². The second kappa shape index (κ2) is 6.71. The monoisotopic (exact) mass is 335 g/mol. The van der Waals surface area contributed by atoms with Crippen molar-refractivity contribution in [1.29, 1.82) is 5.26 Å². The number of rotatable bonds is 6. The molecule has 0 radical (unpaired) electrons. The number of nitriles is 1. The number of aromatic nitrogens is 1. The fraction of sp³-hybridized carbons (Fsp3) is 0.333. The third-order valence-electron chi connectivity index (χ3n) is 3.22. The summed E-state index contributed by atoms with van der Waals surface area (Å²) in [5.74, 6) is 0.175. The van der Waals surface area contributed by atoms with Crippen molar-refractivity contribution in [2.24, 2.45) is 0 Å². The molecule has 122 valence electrons. The Morgan fingerprint density at radius 2 is 2.04 bits per heavy atom. The molecule has 2 aromatic heterocycles. The van der Waals surface area contributed by atoms with Crippen molar-refractivity contribution < 1.29 is 17.6 Å². The molecule has 2 aromatic rings. The number of amides is 1. The van der Waals surface area contributed by atoms with Gasteiger partial charge in [-0.25, -0.2) is 8.42 Å². The average Bonchev–Trinajstić information content (AvgIpc) is 3.09. The molecule has 1 N–H and O–H groups in total. The molecule has 0 aliphatic carbocycles. The van der Waals surface area contributed by atoms with E-state index in [1.54, 1.807) is 36.0 Å². The highest BCUT2D eigenvalue weighted by atomic mass is 32.2. The minimum Gasteiger partial charge on any atom is -0.443 e. The van der Waals surface area contributed by atoms with Crippen LogP contribution in [0.4, 0.5) is 0 Å². The van der Waals surface area contributed by atoms with Gasteiger partial charge < -0.3 is 9.73 Å². The van der Waals surface area contributed by atoms with Gasteiger partial charge in [0.2, 0.25) is 5.88 Å². The molecule has 2 rings (SSSR count). The number of carbonyl (C=O) groups is 1. The zero-order valence-electron chi connectivity index (χ0n) is 12.9. The maximum Gasteiger partial charge on any atom is 0.256 e. The molecular weight excluding hydrogens is 318 g/mol. The number of aryl methyl sites for hydroxylation is 1. The van der Waals surface area contributed by atoms with Crippen LogP contribution in [0.15, 0.2) is 28.9 Å². The van der Waals surface area contributed by atoms with Crippen LogP contribution in [0.5, 0.6) is 0 Å². The Hall–Kier alpha value is -2.53. The molecule has 0 fully saturated rings. The molecule has 7 nitrogen and oxygen atoms in total. The van der Waals surface area contributed by atoms with Crippen molar-refractivity contribution in [1.82, 2.24) is 9.88 Å². The van der Waals surface area contributed by atoms with Gasteiger partial charge in [0.25, 0.3) is 5.91 Å². The second-order valence-electron chi connectivity index (χ2n) is 5.15. The minimum absolute atomic E-state index is 0.00261. The SMILES string of the molecule is Cc1oc(-n2cccc2)c(C#N)c1C(=O)NCCCS(C)(=O)=O. The van der Waals surface area contributed by atoms with E-state index in [2.05, 4.69) is 5.32 Å². The van der Waals surface area contributed by atoms with Crippen LogP contribution in [0, 0.1) is 18.3 Å². The van der Waals surface area contributed by atoms with Crippen LogP contribution in [-0.4, -0.2) is 37.4 Å². The number of nitrogens with zero attached hydrogens (tertiary/aromatic N) is 2. The zero-order chi connectivity index (χ0) is 17.0. The molecule has 0 saturated heterocycles. The van der Waals surface area contributed by atoms with Crippen molar-refractivity contribution in [3.05, 3.63) is 41.4 Å². The highest BCUT2D eigenvalue weighted by Gasteiger charge is 2.24. The van der Waals surface area contributed by atoms with Crippen LogP contribution in [0.25, 0.3) is 5.88 Å². The fourth-order valence-corrected chi connectivity index (χ4v) is 2.85. The van der Waals surface area contributed by atoms with Crippen LogP contribution in [0.3, 0.4) is 0 Å². The first-order valence-corrected chi connectivity index (χ1v) is 9.02. The standard InChI is InChI=1S/C15H17N3O4S/c1-11-13(14(19)17-6-5-9-23(2,20)21)12(10-16)15(22-11)18-7-3-4-8-18/h3-4,7-8H,5-6,9H2,1-2H3,(H,17,19). The molecule has 0 saturated carbocycles. The molecule has 23 heavy (non-hydrogen) atoms. The van der Waals surface area contributed by atoms with Gasteiger partial charge in [0.15, 0.2) is 0 Å². The van der Waals surface area contributed by atoms with Crippen molar-refractivity contribution >= 4 is 15.7 Å². The molecule has 0 aliphatic heterocycles. The van der Waals surface area contributed by atoms with Crippen LogP contribution in [0.2, 0.25) is 0 Å². The van der Waals surface area contributed by atoms with Crippen molar-refractivity contribution in [2.75, 3.05) is 18.6 Å². The maximum absolute atomic E-state index is 12.3.